The smallest absolute Gasteiger partial charge is 0.315 e. The molecule has 20 heavy (non-hydrogen) atoms. The minimum Gasteiger partial charge on any atom is -0.381 e. The molecular weight excluding hydrogens is 258 g/mol. The molecule has 1 aromatic heterocycles. The van der Waals surface area contributed by atoms with Crippen LogP contribution in [0, 0.1) is 19.8 Å². The second-order valence-electron chi connectivity index (χ2n) is 5.24. The molecule has 1 aliphatic rings. The minimum absolute atomic E-state index is 0.146. The van der Waals surface area contributed by atoms with Crippen LogP contribution < -0.4 is 16.2 Å². The highest BCUT2D eigenvalue weighted by molar-refractivity contribution is 5.73. The summed E-state index contributed by atoms with van der Waals surface area (Å²) < 4.78 is 5.24. The van der Waals surface area contributed by atoms with E-state index in [0.29, 0.717) is 24.6 Å². The van der Waals surface area contributed by atoms with Crippen LogP contribution in [-0.4, -0.2) is 30.8 Å². The normalized spacial score (nSPS) is 18.0. The summed E-state index contributed by atoms with van der Waals surface area (Å²) in [6.07, 6.45) is 0.983. The van der Waals surface area contributed by atoms with E-state index in [-0.39, 0.29) is 18.1 Å². The Morgan fingerprint density at radius 2 is 2.25 bits per heavy atom. The summed E-state index contributed by atoms with van der Waals surface area (Å²) >= 11 is 0. The van der Waals surface area contributed by atoms with Gasteiger partial charge in [-0.3, -0.25) is 4.79 Å². The van der Waals surface area contributed by atoms with Crippen molar-refractivity contribution in [3.63, 3.8) is 0 Å². The zero-order valence-corrected chi connectivity index (χ0v) is 11.9. The van der Waals surface area contributed by atoms with Crippen molar-refractivity contribution in [1.82, 2.24) is 15.6 Å². The number of carbonyl (C=O) groups is 1. The summed E-state index contributed by atoms with van der Waals surface area (Å²) in [5.74, 6) is 0.394. The van der Waals surface area contributed by atoms with E-state index >= 15 is 0 Å². The molecule has 1 aromatic rings. The predicted octanol–water partition coefficient (Wildman–Crippen LogP) is 0.827. The van der Waals surface area contributed by atoms with Crippen molar-refractivity contribution in [2.24, 2.45) is 5.92 Å². The van der Waals surface area contributed by atoms with Gasteiger partial charge < -0.3 is 20.4 Å². The Balaban J connectivity index is 1.82. The van der Waals surface area contributed by atoms with Crippen LogP contribution >= 0.6 is 0 Å². The molecule has 3 N–H and O–H groups in total. The first-order chi connectivity index (χ1) is 9.56. The summed E-state index contributed by atoms with van der Waals surface area (Å²) in [6, 6.07) is 1.64. The molecule has 1 fully saturated rings. The third kappa shape index (κ3) is 3.84. The van der Waals surface area contributed by atoms with Crippen LogP contribution in [0.25, 0.3) is 0 Å². The molecule has 2 amide bonds. The van der Waals surface area contributed by atoms with Crippen molar-refractivity contribution in [1.29, 1.82) is 0 Å². The number of pyridine rings is 1. The zero-order valence-electron chi connectivity index (χ0n) is 11.9. The number of aromatic nitrogens is 1. The van der Waals surface area contributed by atoms with Gasteiger partial charge in [0, 0.05) is 30.3 Å². The van der Waals surface area contributed by atoms with Crippen molar-refractivity contribution in [3.8, 4) is 0 Å². The summed E-state index contributed by atoms with van der Waals surface area (Å²) in [4.78, 5) is 26.2. The molecule has 0 radical (unpaired) electrons. The third-order valence-corrected chi connectivity index (χ3v) is 3.49. The molecule has 0 saturated carbocycles. The molecular formula is C14H21N3O3. The first kappa shape index (κ1) is 14.6. The number of amides is 2. The Morgan fingerprint density at radius 3 is 2.90 bits per heavy atom. The van der Waals surface area contributed by atoms with E-state index in [4.69, 9.17) is 4.74 Å². The van der Waals surface area contributed by atoms with E-state index in [9.17, 15) is 9.59 Å². The van der Waals surface area contributed by atoms with Crippen LogP contribution in [0.1, 0.15) is 23.2 Å². The van der Waals surface area contributed by atoms with Crippen LogP contribution in [0.4, 0.5) is 4.79 Å². The molecule has 6 nitrogen and oxygen atoms in total. The molecule has 0 spiro atoms. The van der Waals surface area contributed by atoms with Gasteiger partial charge in [-0.2, -0.15) is 0 Å². The number of hydrogen-bond acceptors (Lipinski definition) is 3. The van der Waals surface area contributed by atoms with E-state index in [2.05, 4.69) is 15.6 Å². The van der Waals surface area contributed by atoms with Gasteiger partial charge >= 0.3 is 6.03 Å². The predicted molar refractivity (Wildman–Crippen MR) is 75.7 cm³/mol. The molecule has 110 valence electrons. The minimum atomic E-state index is -0.253. The first-order valence-corrected chi connectivity index (χ1v) is 6.85. The fourth-order valence-electron chi connectivity index (χ4n) is 2.31. The quantitative estimate of drug-likeness (QED) is 0.763. The van der Waals surface area contributed by atoms with Gasteiger partial charge in [-0.1, -0.05) is 0 Å². The Labute approximate surface area is 117 Å². The zero-order chi connectivity index (χ0) is 14.5. The highest BCUT2D eigenvalue weighted by Gasteiger charge is 2.16. The monoisotopic (exact) mass is 279 g/mol. The topological polar surface area (TPSA) is 83.2 Å². The lowest BCUT2D eigenvalue weighted by Gasteiger charge is -2.11. The lowest BCUT2D eigenvalue weighted by Crippen LogP contribution is -2.39. The van der Waals surface area contributed by atoms with Crippen LogP contribution in [0.5, 0.6) is 0 Å². The van der Waals surface area contributed by atoms with Crippen molar-refractivity contribution in [2.75, 3.05) is 19.8 Å². The van der Waals surface area contributed by atoms with Gasteiger partial charge in [0.15, 0.2) is 0 Å². The van der Waals surface area contributed by atoms with Crippen molar-refractivity contribution >= 4 is 6.03 Å². The maximum absolute atomic E-state index is 11.8. The molecule has 2 heterocycles. The number of H-pyrrole nitrogens is 1. The van der Waals surface area contributed by atoms with Crippen LogP contribution in [-0.2, 0) is 11.3 Å². The summed E-state index contributed by atoms with van der Waals surface area (Å²) in [5, 5.41) is 5.52. The second-order valence-corrected chi connectivity index (χ2v) is 5.24. The number of nitrogens with one attached hydrogen (secondary N) is 3. The van der Waals surface area contributed by atoms with Crippen molar-refractivity contribution in [3.05, 3.63) is 33.2 Å². The molecule has 0 unspecified atom stereocenters. The molecule has 0 aliphatic carbocycles. The maximum atomic E-state index is 11.8. The highest BCUT2D eigenvalue weighted by Crippen LogP contribution is 2.10. The van der Waals surface area contributed by atoms with Gasteiger partial charge in [-0.05, 0) is 31.9 Å². The van der Waals surface area contributed by atoms with E-state index in [1.54, 1.807) is 0 Å². The van der Waals surface area contributed by atoms with Gasteiger partial charge in [-0.15, -0.1) is 0 Å². The Bertz CT molecular complexity index is 533. The van der Waals surface area contributed by atoms with Crippen molar-refractivity contribution in [2.45, 2.75) is 26.8 Å². The van der Waals surface area contributed by atoms with Gasteiger partial charge in [-0.25, -0.2) is 4.79 Å². The molecule has 0 bridgehead atoms. The van der Waals surface area contributed by atoms with Crippen LogP contribution in [0.2, 0.25) is 0 Å². The third-order valence-electron chi connectivity index (χ3n) is 3.49. The van der Waals surface area contributed by atoms with Crippen LogP contribution in [0.15, 0.2) is 10.9 Å². The molecule has 6 heteroatoms. The Morgan fingerprint density at radius 1 is 1.45 bits per heavy atom. The number of aryl methyl sites for hydroxylation is 2. The van der Waals surface area contributed by atoms with Gasteiger partial charge in [0.25, 0.3) is 5.56 Å². The molecule has 2 rings (SSSR count). The summed E-state index contributed by atoms with van der Waals surface area (Å²) in [5.41, 5.74) is 2.15. The van der Waals surface area contributed by atoms with Crippen LogP contribution in [0.3, 0.4) is 0 Å². The summed E-state index contributed by atoms with van der Waals surface area (Å²) in [7, 11) is 0. The molecule has 0 aromatic carbocycles. The first-order valence-electron chi connectivity index (χ1n) is 6.85. The van der Waals surface area contributed by atoms with E-state index in [1.165, 1.54) is 0 Å². The van der Waals surface area contributed by atoms with Gasteiger partial charge in [0.05, 0.1) is 13.2 Å². The van der Waals surface area contributed by atoms with Gasteiger partial charge in [0.1, 0.15) is 0 Å². The van der Waals surface area contributed by atoms with Crippen molar-refractivity contribution < 1.29 is 9.53 Å². The number of urea groups is 1. The number of aromatic amines is 1. The maximum Gasteiger partial charge on any atom is 0.315 e. The fourth-order valence-corrected chi connectivity index (χ4v) is 2.31. The van der Waals surface area contributed by atoms with E-state index < -0.39 is 0 Å². The molecule has 1 aliphatic heterocycles. The van der Waals surface area contributed by atoms with E-state index in [0.717, 1.165) is 24.3 Å². The van der Waals surface area contributed by atoms with Gasteiger partial charge in [0.2, 0.25) is 0 Å². The van der Waals surface area contributed by atoms with E-state index in [1.807, 2.05) is 19.9 Å². The highest BCUT2D eigenvalue weighted by atomic mass is 16.5. The summed E-state index contributed by atoms with van der Waals surface area (Å²) in [6.45, 7) is 6.02. The average Bonchev–Trinajstić information content (AvgIpc) is 2.88. The fraction of sp³-hybridized carbons (Fsp3) is 0.571. The Kier molecular flexibility index (Phi) is 4.79. The number of rotatable bonds is 4. The Hall–Kier alpha value is -1.82. The molecule has 1 atom stereocenters. The number of carbonyl (C=O) groups excluding carboxylic acids is 1. The number of hydrogen-bond donors (Lipinski definition) is 3. The average molecular weight is 279 g/mol. The SMILES string of the molecule is Cc1cc(C)c(CNC(=O)NC[C@H]2CCOC2)c(=O)[nH]1. The number of ether oxygens (including phenoxy) is 1. The lowest BCUT2D eigenvalue weighted by atomic mass is 10.1. The standard InChI is InChI=1S/C14H21N3O3/c1-9-5-10(2)17-13(18)12(9)7-16-14(19)15-6-11-3-4-20-8-11/h5,11H,3-4,6-8H2,1-2H3,(H,17,18)(H2,15,16,19)/t11-/m1/s1. The second kappa shape index (κ2) is 6.56. The molecule has 1 saturated heterocycles. The largest absolute Gasteiger partial charge is 0.381 e. The lowest BCUT2D eigenvalue weighted by molar-refractivity contribution is 0.185.